The van der Waals surface area contributed by atoms with Crippen LogP contribution in [0.1, 0.15) is 42.9 Å². The van der Waals surface area contributed by atoms with E-state index in [2.05, 4.69) is 16.4 Å². The number of alkyl halides is 6. The normalized spacial score (nSPS) is 12.0. The highest BCUT2D eigenvalue weighted by molar-refractivity contribution is 5.35. The summed E-state index contributed by atoms with van der Waals surface area (Å²) in [5, 5.41) is 0. The van der Waals surface area contributed by atoms with Crippen LogP contribution in [0.25, 0.3) is 0 Å². The molecule has 194 valence electrons. The first-order valence-corrected chi connectivity index (χ1v) is 11.1. The Morgan fingerprint density at radius 1 is 0.722 bits per heavy atom. The minimum Gasteiger partial charge on any atom is -0.432 e. The molecule has 0 fully saturated rings. The molecule has 0 saturated carbocycles. The number of ether oxygens (including phenoxy) is 3. The second-order valence-electron chi connectivity index (χ2n) is 7.89. The Hall–Kier alpha value is -3.43. The molecule has 0 radical (unpaired) electrons. The molecule has 0 N–H and O–H groups in total. The van der Waals surface area contributed by atoms with Gasteiger partial charge in [-0.15, -0.1) is 0 Å². The highest BCUT2D eigenvalue weighted by atomic mass is 19.3. The summed E-state index contributed by atoms with van der Waals surface area (Å²) in [6, 6.07) is 11.2. The van der Waals surface area contributed by atoms with Crippen LogP contribution in [0.3, 0.4) is 0 Å². The van der Waals surface area contributed by atoms with Crippen LogP contribution in [0.2, 0.25) is 0 Å². The molecule has 36 heavy (non-hydrogen) atoms. The fourth-order valence-corrected chi connectivity index (χ4v) is 3.31. The average Bonchev–Trinajstić information content (AvgIpc) is 2.81. The van der Waals surface area contributed by atoms with Crippen molar-refractivity contribution in [3.8, 4) is 17.2 Å². The minimum absolute atomic E-state index is 0.369. The lowest BCUT2D eigenvalue weighted by molar-refractivity contribution is -0.187. The SMILES string of the molecule is CCCCCc1ccc(C(F)(F)Oc2ccc(C(F)(F)Oc3ccc(OC(F)F)c(F)c3)cc2)cc1. The van der Waals surface area contributed by atoms with Crippen molar-refractivity contribution in [2.75, 3.05) is 0 Å². The lowest BCUT2D eigenvalue weighted by atomic mass is 10.1. The Kier molecular flexibility index (Phi) is 8.70. The van der Waals surface area contributed by atoms with Crippen LogP contribution >= 0.6 is 0 Å². The zero-order chi connectivity index (χ0) is 26.3. The van der Waals surface area contributed by atoms with E-state index in [-0.39, 0.29) is 11.3 Å². The smallest absolute Gasteiger partial charge is 0.426 e. The highest BCUT2D eigenvalue weighted by Crippen LogP contribution is 2.36. The maximum atomic E-state index is 14.6. The van der Waals surface area contributed by atoms with E-state index in [1.54, 1.807) is 12.1 Å². The van der Waals surface area contributed by atoms with Gasteiger partial charge < -0.3 is 14.2 Å². The third-order valence-electron chi connectivity index (χ3n) is 5.16. The molecule has 3 aromatic rings. The molecule has 0 atom stereocenters. The monoisotopic (exact) mass is 516 g/mol. The predicted molar refractivity (Wildman–Crippen MR) is 118 cm³/mol. The van der Waals surface area contributed by atoms with Gasteiger partial charge in [-0.1, -0.05) is 31.9 Å². The first-order chi connectivity index (χ1) is 17.0. The van der Waals surface area contributed by atoms with E-state index < -0.39 is 41.7 Å². The van der Waals surface area contributed by atoms with E-state index in [0.29, 0.717) is 12.1 Å². The molecular formula is C26H23F7O3. The molecule has 0 aliphatic rings. The first kappa shape index (κ1) is 27.2. The predicted octanol–water partition coefficient (Wildman–Crippen LogP) is 8.42. The van der Waals surface area contributed by atoms with Crippen LogP contribution in [0, 0.1) is 5.82 Å². The Labute approximate surface area is 203 Å². The molecule has 0 aromatic heterocycles. The van der Waals surface area contributed by atoms with Gasteiger partial charge in [-0.05, 0) is 66.9 Å². The summed E-state index contributed by atoms with van der Waals surface area (Å²) < 4.78 is 109. The van der Waals surface area contributed by atoms with Crippen LogP contribution in [0.15, 0.2) is 66.7 Å². The fourth-order valence-electron chi connectivity index (χ4n) is 3.31. The largest absolute Gasteiger partial charge is 0.432 e. The summed E-state index contributed by atoms with van der Waals surface area (Å²) in [6.45, 7) is -1.23. The third kappa shape index (κ3) is 7.29. The van der Waals surface area contributed by atoms with Crippen molar-refractivity contribution in [1.29, 1.82) is 0 Å². The summed E-state index contributed by atoms with van der Waals surface area (Å²) in [4.78, 5) is 0. The number of hydrogen-bond donors (Lipinski definition) is 0. The molecule has 0 aliphatic heterocycles. The van der Waals surface area contributed by atoms with Crippen LogP contribution < -0.4 is 14.2 Å². The number of aryl methyl sites for hydroxylation is 1. The molecular weight excluding hydrogens is 493 g/mol. The number of rotatable bonds is 12. The zero-order valence-corrected chi connectivity index (χ0v) is 19.1. The Morgan fingerprint density at radius 3 is 1.78 bits per heavy atom. The van der Waals surface area contributed by atoms with Gasteiger partial charge in [0.15, 0.2) is 11.6 Å². The van der Waals surface area contributed by atoms with Crippen LogP contribution in [0.5, 0.6) is 17.2 Å². The molecule has 0 heterocycles. The van der Waals surface area contributed by atoms with Gasteiger partial charge in [0, 0.05) is 6.07 Å². The van der Waals surface area contributed by atoms with Gasteiger partial charge in [0.25, 0.3) is 0 Å². The van der Waals surface area contributed by atoms with Gasteiger partial charge in [-0.3, -0.25) is 0 Å². The second-order valence-corrected chi connectivity index (χ2v) is 7.89. The number of unbranched alkanes of at least 4 members (excludes halogenated alkanes) is 2. The van der Waals surface area contributed by atoms with Gasteiger partial charge in [-0.25, -0.2) is 4.39 Å². The summed E-state index contributed by atoms with van der Waals surface area (Å²) in [7, 11) is 0. The number of benzene rings is 3. The van der Waals surface area contributed by atoms with Crippen molar-refractivity contribution in [1.82, 2.24) is 0 Å². The van der Waals surface area contributed by atoms with Crippen LogP contribution in [-0.4, -0.2) is 6.61 Å². The lowest BCUT2D eigenvalue weighted by Crippen LogP contribution is -2.23. The van der Waals surface area contributed by atoms with E-state index in [0.717, 1.165) is 61.6 Å². The quantitative estimate of drug-likeness (QED) is 0.179. The summed E-state index contributed by atoms with van der Waals surface area (Å²) in [6.07, 6.45) is -3.88. The molecule has 0 spiro atoms. The Morgan fingerprint density at radius 2 is 1.25 bits per heavy atom. The summed E-state index contributed by atoms with van der Waals surface area (Å²) in [5.74, 6) is -3.20. The van der Waals surface area contributed by atoms with Crippen molar-refractivity contribution in [2.24, 2.45) is 0 Å². The van der Waals surface area contributed by atoms with Gasteiger partial charge in [0.1, 0.15) is 11.5 Å². The average molecular weight is 516 g/mol. The van der Waals surface area contributed by atoms with Gasteiger partial charge in [0.2, 0.25) is 0 Å². The Bertz CT molecular complexity index is 1120. The molecule has 0 bridgehead atoms. The molecule has 3 aromatic carbocycles. The third-order valence-corrected chi connectivity index (χ3v) is 5.16. The fraction of sp³-hybridized carbons (Fsp3) is 0.308. The summed E-state index contributed by atoms with van der Waals surface area (Å²) >= 11 is 0. The van der Waals surface area contributed by atoms with Crippen LogP contribution in [-0.2, 0) is 18.6 Å². The maximum Gasteiger partial charge on any atom is 0.426 e. The van der Waals surface area contributed by atoms with Crippen molar-refractivity contribution in [3.05, 3.63) is 89.2 Å². The molecule has 3 nitrogen and oxygen atoms in total. The molecule has 0 aliphatic carbocycles. The molecule has 3 rings (SSSR count). The van der Waals surface area contributed by atoms with Gasteiger partial charge in [-0.2, -0.15) is 26.3 Å². The van der Waals surface area contributed by atoms with E-state index >= 15 is 0 Å². The molecule has 0 amide bonds. The second kappa shape index (κ2) is 11.5. The van der Waals surface area contributed by atoms with E-state index in [9.17, 15) is 30.7 Å². The van der Waals surface area contributed by atoms with Crippen molar-refractivity contribution in [2.45, 2.75) is 51.4 Å². The topological polar surface area (TPSA) is 27.7 Å². The lowest BCUT2D eigenvalue weighted by Gasteiger charge is -2.21. The van der Waals surface area contributed by atoms with Crippen molar-refractivity contribution < 1.29 is 44.9 Å². The number of hydrogen-bond acceptors (Lipinski definition) is 3. The first-order valence-electron chi connectivity index (χ1n) is 11.1. The van der Waals surface area contributed by atoms with Crippen LogP contribution in [0.4, 0.5) is 30.7 Å². The molecule has 10 heteroatoms. The van der Waals surface area contributed by atoms with Crippen molar-refractivity contribution >= 4 is 0 Å². The van der Waals surface area contributed by atoms with E-state index in [4.69, 9.17) is 4.74 Å². The highest BCUT2D eigenvalue weighted by Gasteiger charge is 2.37. The molecule has 0 unspecified atom stereocenters. The minimum atomic E-state index is -3.99. The standard InChI is InChI=1S/C26H23F7O3/c1-2-3-4-5-17-6-8-18(9-7-17)25(30,31)35-20-12-10-19(11-13-20)26(32,33)36-21-14-15-23(22(27)16-21)34-24(28)29/h6-16,24H,2-5H2,1H3. The Balaban J connectivity index is 1.65. The molecule has 0 saturated heterocycles. The van der Waals surface area contributed by atoms with Gasteiger partial charge >= 0.3 is 18.8 Å². The van der Waals surface area contributed by atoms with Gasteiger partial charge in [0.05, 0.1) is 11.1 Å². The zero-order valence-electron chi connectivity index (χ0n) is 19.1. The number of halogens is 7. The van der Waals surface area contributed by atoms with E-state index in [1.165, 1.54) is 12.1 Å². The van der Waals surface area contributed by atoms with Crippen molar-refractivity contribution in [3.63, 3.8) is 0 Å². The maximum absolute atomic E-state index is 14.6. The van der Waals surface area contributed by atoms with E-state index in [1.807, 2.05) is 0 Å². The summed E-state index contributed by atoms with van der Waals surface area (Å²) in [5.41, 5.74) is -0.200.